The zero-order valence-electron chi connectivity index (χ0n) is 17.6. The Labute approximate surface area is 194 Å². The van der Waals surface area contributed by atoms with Crippen molar-refractivity contribution in [2.75, 3.05) is 31.1 Å². The summed E-state index contributed by atoms with van der Waals surface area (Å²) >= 11 is 6.06. The van der Waals surface area contributed by atoms with Crippen molar-refractivity contribution in [2.45, 2.75) is 12.8 Å². The summed E-state index contributed by atoms with van der Waals surface area (Å²) in [6, 6.07) is 17.6. The van der Waals surface area contributed by atoms with E-state index in [1.165, 1.54) is 0 Å². The minimum absolute atomic E-state index is 0.0622. The Hall–Kier alpha value is -3.26. The largest absolute Gasteiger partial charge is 0.489 e. The molecule has 0 aliphatic carbocycles. The van der Waals surface area contributed by atoms with E-state index < -0.39 is 11.7 Å². The lowest BCUT2D eigenvalue weighted by Gasteiger charge is -2.36. The summed E-state index contributed by atoms with van der Waals surface area (Å²) in [5, 5.41) is -0.0622. The summed E-state index contributed by atoms with van der Waals surface area (Å²) in [6.07, 6.45) is -3.72. The molecule has 0 unspecified atom stereocenters. The van der Waals surface area contributed by atoms with E-state index in [2.05, 4.69) is 4.98 Å². The topological polar surface area (TPSA) is 45.7 Å². The van der Waals surface area contributed by atoms with Crippen molar-refractivity contribution in [1.82, 2.24) is 9.88 Å². The second-order valence-electron chi connectivity index (χ2n) is 7.61. The van der Waals surface area contributed by atoms with Gasteiger partial charge in [0.15, 0.2) is 0 Å². The van der Waals surface area contributed by atoms with Gasteiger partial charge in [-0.1, -0.05) is 48.0 Å². The Morgan fingerprint density at radius 2 is 1.73 bits per heavy atom. The van der Waals surface area contributed by atoms with Crippen LogP contribution >= 0.6 is 11.6 Å². The summed E-state index contributed by atoms with van der Waals surface area (Å²) in [7, 11) is 0. The van der Waals surface area contributed by atoms with Gasteiger partial charge in [-0.05, 0) is 29.8 Å². The predicted molar refractivity (Wildman–Crippen MR) is 120 cm³/mol. The van der Waals surface area contributed by atoms with Gasteiger partial charge in [0.2, 0.25) is 0 Å². The maximum atomic E-state index is 13.0. The quantitative estimate of drug-likeness (QED) is 0.502. The second-order valence-corrected chi connectivity index (χ2v) is 8.02. The summed E-state index contributed by atoms with van der Waals surface area (Å²) < 4.78 is 44.3. The lowest BCUT2D eigenvalue weighted by molar-refractivity contribution is -0.137. The Balaban J connectivity index is 1.37. The number of benzene rings is 2. The van der Waals surface area contributed by atoms with E-state index in [1.54, 1.807) is 34.1 Å². The molecular weight excluding hydrogens is 455 g/mol. The minimum Gasteiger partial charge on any atom is -0.489 e. The fourth-order valence-electron chi connectivity index (χ4n) is 3.58. The Bertz CT molecular complexity index is 1120. The van der Waals surface area contributed by atoms with Gasteiger partial charge in [0.05, 0.1) is 10.6 Å². The van der Waals surface area contributed by atoms with Crippen LogP contribution in [0.5, 0.6) is 5.75 Å². The highest BCUT2D eigenvalue weighted by Gasteiger charge is 2.32. The van der Waals surface area contributed by atoms with Crippen molar-refractivity contribution in [1.29, 1.82) is 0 Å². The Morgan fingerprint density at radius 3 is 2.39 bits per heavy atom. The third-order valence-electron chi connectivity index (χ3n) is 5.34. The van der Waals surface area contributed by atoms with Gasteiger partial charge >= 0.3 is 6.18 Å². The molecule has 1 amide bonds. The smallest absolute Gasteiger partial charge is 0.417 e. The number of carbonyl (C=O) groups excluding carboxylic acids is 1. The molecule has 0 N–H and O–H groups in total. The van der Waals surface area contributed by atoms with Crippen molar-refractivity contribution in [2.24, 2.45) is 0 Å². The van der Waals surface area contributed by atoms with E-state index in [0.717, 1.165) is 17.8 Å². The zero-order chi connectivity index (χ0) is 23.4. The number of alkyl halides is 3. The van der Waals surface area contributed by atoms with Gasteiger partial charge in [0.25, 0.3) is 5.91 Å². The van der Waals surface area contributed by atoms with Crippen molar-refractivity contribution in [3.8, 4) is 5.75 Å². The van der Waals surface area contributed by atoms with Crippen LogP contribution in [0.3, 0.4) is 0 Å². The lowest BCUT2D eigenvalue weighted by Crippen LogP contribution is -2.49. The highest BCUT2D eigenvalue weighted by Crippen LogP contribution is 2.33. The molecule has 1 aliphatic rings. The van der Waals surface area contributed by atoms with Crippen molar-refractivity contribution in [3.63, 3.8) is 0 Å². The number of amides is 1. The van der Waals surface area contributed by atoms with Crippen LogP contribution in [0.1, 0.15) is 21.5 Å². The normalized spacial score (nSPS) is 14.3. The van der Waals surface area contributed by atoms with E-state index in [0.29, 0.717) is 44.1 Å². The number of nitrogens with zero attached hydrogens (tertiary/aromatic N) is 3. The maximum absolute atomic E-state index is 13.0. The van der Waals surface area contributed by atoms with Crippen molar-refractivity contribution >= 4 is 23.3 Å². The molecular formula is C24H21ClF3N3O2. The first kappa shape index (κ1) is 22.9. The summed E-state index contributed by atoms with van der Waals surface area (Å²) in [5.41, 5.74) is 0.653. The third-order valence-corrected chi connectivity index (χ3v) is 5.62. The molecule has 0 bridgehead atoms. The van der Waals surface area contributed by atoms with Gasteiger partial charge < -0.3 is 14.5 Å². The average molecular weight is 476 g/mol. The van der Waals surface area contributed by atoms with Gasteiger partial charge in [-0.2, -0.15) is 13.2 Å². The average Bonchev–Trinajstić information content (AvgIpc) is 2.83. The monoisotopic (exact) mass is 475 g/mol. The first-order chi connectivity index (χ1) is 15.8. The predicted octanol–water partition coefficient (Wildman–Crippen LogP) is 5.30. The van der Waals surface area contributed by atoms with Crippen LogP contribution in [0.2, 0.25) is 5.02 Å². The minimum atomic E-state index is -4.50. The fourth-order valence-corrected chi connectivity index (χ4v) is 3.87. The van der Waals surface area contributed by atoms with Gasteiger partial charge in [0.1, 0.15) is 18.2 Å². The van der Waals surface area contributed by atoms with Gasteiger partial charge in [0, 0.05) is 37.9 Å². The number of rotatable bonds is 5. The number of hydrogen-bond acceptors (Lipinski definition) is 4. The van der Waals surface area contributed by atoms with Crippen LogP contribution in [0.25, 0.3) is 0 Å². The molecule has 3 aromatic rings. The SMILES string of the molecule is O=C(c1cccc(OCc2ccccc2)c1)N1CCN(c2ncc(C(F)(F)F)cc2Cl)CC1. The van der Waals surface area contributed by atoms with Crippen molar-refractivity contribution < 1.29 is 22.7 Å². The number of halogens is 4. The molecule has 0 spiro atoms. The number of anilines is 1. The molecule has 5 nitrogen and oxygen atoms in total. The van der Waals surface area contributed by atoms with E-state index >= 15 is 0 Å². The van der Waals surface area contributed by atoms with Crippen LogP contribution in [-0.4, -0.2) is 42.0 Å². The lowest BCUT2D eigenvalue weighted by atomic mass is 10.1. The Morgan fingerprint density at radius 1 is 1.00 bits per heavy atom. The van der Waals surface area contributed by atoms with E-state index in [-0.39, 0.29) is 16.7 Å². The third kappa shape index (κ3) is 5.57. The zero-order valence-corrected chi connectivity index (χ0v) is 18.3. The van der Waals surface area contributed by atoms with Crippen molar-refractivity contribution in [3.05, 3.63) is 88.6 Å². The number of hydrogen-bond donors (Lipinski definition) is 0. The number of piperazine rings is 1. The van der Waals surface area contributed by atoms with Gasteiger partial charge in [-0.15, -0.1) is 0 Å². The molecule has 1 saturated heterocycles. The first-order valence-electron chi connectivity index (χ1n) is 10.3. The summed E-state index contributed by atoms with van der Waals surface area (Å²) in [4.78, 5) is 20.4. The molecule has 0 saturated carbocycles. The Kier molecular flexibility index (Phi) is 6.74. The van der Waals surface area contributed by atoms with Crippen LogP contribution in [-0.2, 0) is 12.8 Å². The summed E-state index contributed by atoms with van der Waals surface area (Å²) in [5.74, 6) is 0.753. The van der Waals surface area contributed by atoms with Gasteiger partial charge in [-0.3, -0.25) is 4.79 Å². The summed E-state index contributed by atoms with van der Waals surface area (Å²) in [6.45, 7) is 2.01. The standard InChI is InChI=1S/C24H21ClF3N3O2/c25-21-14-19(24(26,27)28)15-29-22(21)30-9-11-31(12-10-30)23(32)18-7-4-8-20(13-18)33-16-17-5-2-1-3-6-17/h1-8,13-15H,9-12,16H2. The molecule has 0 radical (unpaired) electrons. The molecule has 4 rings (SSSR count). The highest BCUT2D eigenvalue weighted by molar-refractivity contribution is 6.33. The molecule has 33 heavy (non-hydrogen) atoms. The van der Waals surface area contributed by atoms with E-state index in [9.17, 15) is 18.0 Å². The molecule has 1 aromatic heterocycles. The highest BCUT2D eigenvalue weighted by atomic mass is 35.5. The fraction of sp³-hybridized carbons (Fsp3) is 0.250. The van der Waals surface area contributed by atoms with Crippen LogP contribution < -0.4 is 9.64 Å². The maximum Gasteiger partial charge on any atom is 0.417 e. The van der Waals surface area contributed by atoms with Crippen LogP contribution in [0, 0.1) is 0 Å². The molecule has 172 valence electrons. The van der Waals surface area contributed by atoms with Gasteiger partial charge in [-0.25, -0.2) is 4.98 Å². The van der Waals surface area contributed by atoms with E-state index in [4.69, 9.17) is 16.3 Å². The molecule has 2 aromatic carbocycles. The molecule has 0 atom stereocenters. The number of carbonyl (C=O) groups is 1. The molecule has 2 heterocycles. The first-order valence-corrected chi connectivity index (χ1v) is 10.7. The molecule has 1 aliphatic heterocycles. The van der Waals surface area contributed by atoms with Crippen LogP contribution in [0.15, 0.2) is 66.9 Å². The molecule has 1 fully saturated rings. The van der Waals surface area contributed by atoms with E-state index in [1.807, 2.05) is 30.3 Å². The number of aromatic nitrogens is 1. The number of ether oxygens (including phenoxy) is 1. The molecule has 9 heteroatoms. The second kappa shape index (κ2) is 9.70. The number of pyridine rings is 1. The van der Waals surface area contributed by atoms with Crippen LogP contribution in [0.4, 0.5) is 19.0 Å².